The number of rotatable bonds is 5. The summed E-state index contributed by atoms with van der Waals surface area (Å²) in [5, 5.41) is 3.21. The van der Waals surface area contributed by atoms with Crippen LogP contribution in [0, 0.1) is 0 Å². The van der Waals surface area contributed by atoms with Crippen molar-refractivity contribution >= 4 is 10.0 Å². The van der Waals surface area contributed by atoms with Gasteiger partial charge in [0.1, 0.15) is 0 Å². The van der Waals surface area contributed by atoms with Crippen molar-refractivity contribution in [1.29, 1.82) is 0 Å². The van der Waals surface area contributed by atoms with Crippen LogP contribution < -0.4 is 5.32 Å². The van der Waals surface area contributed by atoms with Crippen LogP contribution in [0.2, 0.25) is 0 Å². The molecule has 1 saturated heterocycles. The van der Waals surface area contributed by atoms with Crippen LogP contribution >= 0.6 is 0 Å². The highest BCUT2D eigenvalue weighted by molar-refractivity contribution is 7.89. The third-order valence-corrected chi connectivity index (χ3v) is 4.80. The summed E-state index contributed by atoms with van der Waals surface area (Å²) in [6.45, 7) is 5.86. The molecule has 1 unspecified atom stereocenters. The minimum atomic E-state index is -3.04. The quantitative estimate of drug-likeness (QED) is 0.730. The standard InChI is InChI=1S/C9H20N2O2S/c1-3-11(4-2)14(12,13)8-9-6-5-7-10-9/h9-10H,3-8H2,1-2H3. The van der Waals surface area contributed by atoms with Gasteiger partial charge in [0, 0.05) is 19.1 Å². The molecule has 4 nitrogen and oxygen atoms in total. The Morgan fingerprint density at radius 3 is 2.43 bits per heavy atom. The summed E-state index contributed by atoms with van der Waals surface area (Å²) < 4.78 is 25.2. The van der Waals surface area contributed by atoms with Gasteiger partial charge < -0.3 is 5.32 Å². The van der Waals surface area contributed by atoms with Crippen LogP contribution in [-0.2, 0) is 10.0 Å². The van der Waals surface area contributed by atoms with Gasteiger partial charge in [-0.3, -0.25) is 0 Å². The first-order valence-electron chi connectivity index (χ1n) is 5.31. The van der Waals surface area contributed by atoms with Gasteiger partial charge in [0.25, 0.3) is 0 Å². The van der Waals surface area contributed by atoms with Gasteiger partial charge in [0.15, 0.2) is 0 Å². The first kappa shape index (κ1) is 11.9. The lowest BCUT2D eigenvalue weighted by atomic mass is 10.3. The van der Waals surface area contributed by atoms with E-state index in [1.807, 2.05) is 13.8 Å². The predicted molar refractivity (Wildman–Crippen MR) is 57.7 cm³/mol. The third-order valence-electron chi connectivity index (χ3n) is 2.67. The molecule has 0 spiro atoms. The van der Waals surface area contributed by atoms with E-state index in [1.165, 1.54) is 4.31 Å². The molecule has 1 aliphatic heterocycles. The summed E-state index contributed by atoms with van der Waals surface area (Å²) in [7, 11) is -3.04. The summed E-state index contributed by atoms with van der Waals surface area (Å²) in [4.78, 5) is 0. The Bertz CT molecular complexity index is 254. The minimum Gasteiger partial charge on any atom is -0.313 e. The smallest absolute Gasteiger partial charge is 0.215 e. The van der Waals surface area contributed by atoms with Crippen molar-refractivity contribution in [3.8, 4) is 0 Å². The van der Waals surface area contributed by atoms with Crippen LogP contribution in [0.15, 0.2) is 0 Å². The Hall–Kier alpha value is -0.130. The van der Waals surface area contributed by atoms with Gasteiger partial charge in [-0.05, 0) is 19.4 Å². The van der Waals surface area contributed by atoms with Crippen molar-refractivity contribution in [2.24, 2.45) is 0 Å². The second kappa shape index (κ2) is 5.09. The Morgan fingerprint density at radius 1 is 1.36 bits per heavy atom. The lowest BCUT2D eigenvalue weighted by Crippen LogP contribution is -2.39. The zero-order valence-electron chi connectivity index (χ0n) is 8.99. The maximum absolute atomic E-state index is 11.8. The maximum atomic E-state index is 11.8. The van der Waals surface area contributed by atoms with E-state index < -0.39 is 10.0 Å². The molecule has 1 N–H and O–H groups in total. The molecule has 1 heterocycles. The van der Waals surface area contributed by atoms with Gasteiger partial charge in [-0.25, -0.2) is 12.7 Å². The van der Waals surface area contributed by atoms with Crippen LogP contribution in [0.25, 0.3) is 0 Å². The molecule has 0 aromatic rings. The predicted octanol–water partition coefficient (Wildman–Crippen LogP) is 0.410. The molecule has 0 bridgehead atoms. The van der Waals surface area contributed by atoms with E-state index >= 15 is 0 Å². The first-order chi connectivity index (χ1) is 6.60. The van der Waals surface area contributed by atoms with Gasteiger partial charge in [0.2, 0.25) is 10.0 Å². The fourth-order valence-electron chi connectivity index (χ4n) is 1.88. The summed E-state index contributed by atoms with van der Waals surface area (Å²) in [6, 6.07) is 0.167. The normalized spacial score (nSPS) is 23.2. The average Bonchev–Trinajstić information content (AvgIpc) is 2.57. The highest BCUT2D eigenvalue weighted by Gasteiger charge is 2.25. The van der Waals surface area contributed by atoms with Crippen molar-refractivity contribution in [2.45, 2.75) is 32.7 Å². The monoisotopic (exact) mass is 220 g/mol. The lowest BCUT2D eigenvalue weighted by Gasteiger charge is -2.20. The van der Waals surface area contributed by atoms with E-state index in [-0.39, 0.29) is 11.8 Å². The highest BCUT2D eigenvalue weighted by atomic mass is 32.2. The van der Waals surface area contributed by atoms with Crippen molar-refractivity contribution in [2.75, 3.05) is 25.4 Å². The van der Waals surface area contributed by atoms with Gasteiger partial charge >= 0.3 is 0 Å². The molecule has 1 fully saturated rings. The van der Waals surface area contributed by atoms with Crippen LogP contribution in [0.1, 0.15) is 26.7 Å². The molecule has 0 radical (unpaired) electrons. The summed E-state index contributed by atoms with van der Waals surface area (Å²) in [5.74, 6) is 0.259. The number of sulfonamides is 1. The van der Waals surface area contributed by atoms with E-state index in [2.05, 4.69) is 5.32 Å². The number of nitrogens with one attached hydrogen (secondary N) is 1. The number of nitrogens with zero attached hydrogens (tertiary/aromatic N) is 1. The molecule has 0 aromatic carbocycles. The lowest BCUT2D eigenvalue weighted by molar-refractivity contribution is 0.439. The number of hydrogen-bond donors (Lipinski definition) is 1. The van der Waals surface area contributed by atoms with Gasteiger partial charge in [-0.2, -0.15) is 0 Å². The molecule has 14 heavy (non-hydrogen) atoms. The highest BCUT2D eigenvalue weighted by Crippen LogP contribution is 2.10. The Kier molecular flexibility index (Phi) is 4.34. The molecule has 0 saturated carbocycles. The second-order valence-corrected chi connectivity index (χ2v) is 5.67. The Balaban J connectivity index is 2.55. The zero-order chi connectivity index (χ0) is 10.6. The fourth-order valence-corrected chi connectivity index (χ4v) is 3.67. The van der Waals surface area contributed by atoms with E-state index in [0.29, 0.717) is 13.1 Å². The minimum absolute atomic E-state index is 0.167. The molecule has 5 heteroatoms. The number of hydrogen-bond acceptors (Lipinski definition) is 3. The average molecular weight is 220 g/mol. The van der Waals surface area contributed by atoms with E-state index in [9.17, 15) is 8.42 Å². The largest absolute Gasteiger partial charge is 0.313 e. The van der Waals surface area contributed by atoms with Crippen LogP contribution in [0.5, 0.6) is 0 Å². The van der Waals surface area contributed by atoms with Crippen molar-refractivity contribution < 1.29 is 8.42 Å². The molecule has 0 amide bonds. The molecular weight excluding hydrogens is 200 g/mol. The maximum Gasteiger partial charge on any atom is 0.215 e. The molecule has 1 rings (SSSR count). The SMILES string of the molecule is CCN(CC)S(=O)(=O)CC1CCCN1. The van der Waals surface area contributed by atoms with Crippen LogP contribution in [0.3, 0.4) is 0 Å². The van der Waals surface area contributed by atoms with Gasteiger partial charge in [-0.1, -0.05) is 13.8 Å². The van der Waals surface area contributed by atoms with Crippen LogP contribution in [-0.4, -0.2) is 44.2 Å². The zero-order valence-corrected chi connectivity index (χ0v) is 9.81. The van der Waals surface area contributed by atoms with E-state index in [4.69, 9.17) is 0 Å². The molecule has 1 aliphatic rings. The molecule has 1 atom stereocenters. The van der Waals surface area contributed by atoms with Gasteiger partial charge in [-0.15, -0.1) is 0 Å². The fraction of sp³-hybridized carbons (Fsp3) is 1.00. The summed E-state index contributed by atoms with van der Waals surface area (Å²) >= 11 is 0. The van der Waals surface area contributed by atoms with Crippen molar-refractivity contribution in [3.05, 3.63) is 0 Å². The molecule has 0 aromatic heterocycles. The summed E-state index contributed by atoms with van der Waals surface area (Å²) in [5.41, 5.74) is 0. The molecule has 84 valence electrons. The topological polar surface area (TPSA) is 49.4 Å². The van der Waals surface area contributed by atoms with Crippen molar-refractivity contribution in [1.82, 2.24) is 9.62 Å². The van der Waals surface area contributed by atoms with E-state index in [0.717, 1.165) is 19.4 Å². The summed E-state index contributed by atoms with van der Waals surface area (Å²) in [6.07, 6.45) is 2.08. The van der Waals surface area contributed by atoms with Crippen LogP contribution in [0.4, 0.5) is 0 Å². The third kappa shape index (κ3) is 2.93. The molecular formula is C9H20N2O2S. The van der Waals surface area contributed by atoms with Gasteiger partial charge in [0.05, 0.1) is 5.75 Å². The first-order valence-corrected chi connectivity index (χ1v) is 6.92. The van der Waals surface area contributed by atoms with Crippen molar-refractivity contribution in [3.63, 3.8) is 0 Å². The Labute approximate surface area is 86.7 Å². The molecule has 0 aliphatic carbocycles. The van der Waals surface area contributed by atoms with E-state index in [1.54, 1.807) is 0 Å². The second-order valence-electron chi connectivity index (χ2n) is 3.66. The Morgan fingerprint density at radius 2 is 2.00 bits per heavy atom.